The number of halogens is 3. The molecule has 74 valence electrons. The lowest BCUT2D eigenvalue weighted by molar-refractivity contribution is -0.234. The Hall–Kier alpha value is -0.290. The predicted octanol–water partition coefficient (Wildman–Crippen LogP) is 2.33. The molecule has 2 nitrogen and oxygen atoms in total. The Bertz CT molecular complexity index is 148. The van der Waals surface area contributed by atoms with Crippen LogP contribution in [0.4, 0.5) is 13.2 Å². The lowest BCUT2D eigenvalue weighted by Gasteiger charge is -2.35. The molecule has 0 fully saturated rings. The molecule has 0 aliphatic rings. The molecule has 0 radical (unpaired) electrons. The summed E-state index contributed by atoms with van der Waals surface area (Å²) in [5.41, 5.74) is -0.230. The van der Waals surface area contributed by atoms with Gasteiger partial charge in [0.15, 0.2) is 0 Å². The highest BCUT2D eigenvalue weighted by Gasteiger charge is 2.53. The molecule has 0 heterocycles. The molecule has 0 rings (SSSR count). The smallest absolute Gasteiger partial charge is 0.317 e. The molecule has 2 atom stereocenters. The van der Waals surface area contributed by atoms with Gasteiger partial charge in [0.1, 0.15) is 0 Å². The molecule has 5 heteroatoms. The van der Waals surface area contributed by atoms with Crippen molar-refractivity contribution in [2.24, 2.45) is 5.41 Å². The summed E-state index contributed by atoms with van der Waals surface area (Å²) in [5.74, 6) is 0. The third-order valence-corrected chi connectivity index (χ3v) is 2.53. The van der Waals surface area contributed by atoms with Crippen LogP contribution < -0.4 is 5.48 Å². The average molecular weight is 185 g/mol. The van der Waals surface area contributed by atoms with E-state index in [1.165, 1.54) is 13.8 Å². The molecule has 0 aliphatic heterocycles. The van der Waals surface area contributed by atoms with Crippen LogP contribution in [0.15, 0.2) is 0 Å². The van der Waals surface area contributed by atoms with E-state index in [9.17, 15) is 13.2 Å². The lowest BCUT2D eigenvalue weighted by Crippen LogP contribution is -2.49. The fraction of sp³-hybridized carbons (Fsp3) is 1.00. The summed E-state index contributed by atoms with van der Waals surface area (Å²) in [6.07, 6.45) is -4.36. The molecule has 0 aliphatic carbocycles. The lowest BCUT2D eigenvalue weighted by atomic mass is 9.80. The molecule has 0 aromatic rings. The third-order valence-electron chi connectivity index (χ3n) is 2.53. The van der Waals surface area contributed by atoms with Gasteiger partial charge in [-0.15, -0.1) is 0 Å². The second-order valence-corrected chi connectivity index (χ2v) is 3.12. The largest absolute Gasteiger partial charge is 0.395 e. The van der Waals surface area contributed by atoms with E-state index in [2.05, 4.69) is 0 Å². The van der Waals surface area contributed by atoms with Crippen molar-refractivity contribution >= 4 is 0 Å². The first-order valence-corrected chi connectivity index (χ1v) is 3.76. The SMILES string of the molecule is CC[C@](C)(C(C)NO)C(F)(F)F. The van der Waals surface area contributed by atoms with Crippen LogP contribution >= 0.6 is 0 Å². The van der Waals surface area contributed by atoms with Crippen molar-refractivity contribution in [2.45, 2.75) is 39.4 Å². The molecule has 0 saturated carbocycles. The minimum absolute atomic E-state index is 0.0643. The fourth-order valence-electron chi connectivity index (χ4n) is 0.895. The quantitative estimate of drug-likeness (QED) is 0.661. The van der Waals surface area contributed by atoms with Gasteiger partial charge in [-0.2, -0.15) is 13.2 Å². The normalized spacial score (nSPS) is 20.2. The fourth-order valence-corrected chi connectivity index (χ4v) is 0.895. The molecule has 0 spiro atoms. The molecule has 0 aromatic heterocycles. The maximum atomic E-state index is 12.4. The average Bonchev–Trinajstić information content (AvgIpc) is 1.99. The number of hydrogen-bond acceptors (Lipinski definition) is 2. The Morgan fingerprint density at radius 3 is 1.92 bits per heavy atom. The molecular weight excluding hydrogens is 171 g/mol. The Balaban J connectivity index is 4.67. The molecule has 2 N–H and O–H groups in total. The van der Waals surface area contributed by atoms with Gasteiger partial charge in [0.2, 0.25) is 0 Å². The van der Waals surface area contributed by atoms with Crippen molar-refractivity contribution in [1.29, 1.82) is 0 Å². The molecule has 0 bridgehead atoms. The van der Waals surface area contributed by atoms with Crippen molar-refractivity contribution in [1.82, 2.24) is 5.48 Å². The van der Waals surface area contributed by atoms with Crippen LogP contribution in [0, 0.1) is 5.41 Å². The first kappa shape index (κ1) is 11.7. The van der Waals surface area contributed by atoms with Crippen molar-refractivity contribution in [2.75, 3.05) is 0 Å². The Kier molecular flexibility index (Phi) is 3.53. The van der Waals surface area contributed by atoms with Gasteiger partial charge in [-0.3, -0.25) is 0 Å². The van der Waals surface area contributed by atoms with Gasteiger partial charge in [-0.1, -0.05) is 6.92 Å². The van der Waals surface area contributed by atoms with Crippen LogP contribution in [-0.2, 0) is 0 Å². The van der Waals surface area contributed by atoms with Crippen LogP contribution in [0.3, 0.4) is 0 Å². The molecular formula is C7H14F3NO. The minimum Gasteiger partial charge on any atom is -0.317 e. The molecule has 0 saturated heterocycles. The van der Waals surface area contributed by atoms with E-state index >= 15 is 0 Å². The van der Waals surface area contributed by atoms with Crippen molar-refractivity contribution in [3.8, 4) is 0 Å². The molecule has 0 amide bonds. The second-order valence-electron chi connectivity index (χ2n) is 3.12. The summed E-state index contributed by atoms with van der Waals surface area (Å²) in [5, 5.41) is 8.41. The summed E-state index contributed by atoms with van der Waals surface area (Å²) in [7, 11) is 0. The van der Waals surface area contributed by atoms with Crippen LogP contribution in [-0.4, -0.2) is 17.4 Å². The van der Waals surface area contributed by atoms with Crippen molar-refractivity contribution in [3.05, 3.63) is 0 Å². The summed E-state index contributed by atoms with van der Waals surface area (Å²) in [4.78, 5) is 0. The van der Waals surface area contributed by atoms with Crippen LogP contribution in [0.5, 0.6) is 0 Å². The topological polar surface area (TPSA) is 32.3 Å². The minimum atomic E-state index is -4.29. The highest BCUT2D eigenvalue weighted by Crippen LogP contribution is 2.43. The summed E-state index contributed by atoms with van der Waals surface area (Å²) >= 11 is 0. The van der Waals surface area contributed by atoms with Gasteiger partial charge < -0.3 is 5.21 Å². The molecule has 12 heavy (non-hydrogen) atoms. The monoisotopic (exact) mass is 185 g/mol. The summed E-state index contributed by atoms with van der Waals surface area (Å²) in [6.45, 7) is 3.83. The number of hydrogen-bond donors (Lipinski definition) is 2. The predicted molar refractivity (Wildman–Crippen MR) is 38.8 cm³/mol. The molecule has 0 aromatic carbocycles. The number of hydroxylamine groups is 1. The Morgan fingerprint density at radius 2 is 1.83 bits per heavy atom. The number of rotatable bonds is 3. The van der Waals surface area contributed by atoms with Gasteiger partial charge in [0.05, 0.1) is 5.41 Å². The first-order valence-electron chi connectivity index (χ1n) is 3.76. The van der Waals surface area contributed by atoms with E-state index in [0.717, 1.165) is 6.92 Å². The van der Waals surface area contributed by atoms with Crippen molar-refractivity contribution < 1.29 is 18.4 Å². The van der Waals surface area contributed by atoms with Gasteiger partial charge >= 0.3 is 6.18 Å². The zero-order valence-corrected chi connectivity index (χ0v) is 7.37. The highest BCUT2D eigenvalue weighted by atomic mass is 19.4. The van der Waals surface area contributed by atoms with E-state index in [0.29, 0.717) is 0 Å². The maximum Gasteiger partial charge on any atom is 0.395 e. The van der Waals surface area contributed by atoms with Gasteiger partial charge in [-0.05, 0) is 20.3 Å². The Morgan fingerprint density at radius 1 is 1.42 bits per heavy atom. The van der Waals surface area contributed by atoms with Gasteiger partial charge in [0, 0.05) is 6.04 Å². The van der Waals surface area contributed by atoms with E-state index in [-0.39, 0.29) is 6.42 Å². The van der Waals surface area contributed by atoms with E-state index in [1.807, 2.05) is 0 Å². The second kappa shape index (κ2) is 3.62. The zero-order chi connectivity index (χ0) is 9.99. The summed E-state index contributed by atoms with van der Waals surface area (Å²) < 4.78 is 37.2. The maximum absolute atomic E-state index is 12.4. The third kappa shape index (κ3) is 1.90. The van der Waals surface area contributed by atoms with E-state index in [4.69, 9.17) is 5.21 Å². The van der Waals surface area contributed by atoms with Crippen molar-refractivity contribution in [3.63, 3.8) is 0 Å². The summed E-state index contributed by atoms with van der Waals surface area (Å²) in [6, 6.07) is -0.998. The Labute approximate surface area is 69.7 Å². The standard InChI is InChI=1S/C7H14F3NO/c1-4-6(3,5(2)11-12)7(8,9)10/h5,11-12H,4H2,1-3H3/t5?,6-/m1/s1. The first-order chi connectivity index (χ1) is 5.29. The highest BCUT2D eigenvalue weighted by molar-refractivity contribution is 4.88. The van der Waals surface area contributed by atoms with Crippen LogP contribution in [0.1, 0.15) is 27.2 Å². The number of nitrogens with one attached hydrogen (secondary N) is 1. The zero-order valence-electron chi connectivity index (χ0n) is 7.37. The van der Waals surface area contributed by atoms with E-state index < -0.39 is 17.6 Å². The van der Waals surface area contributed by atoms with Gasteiger partial charge in [0.25, 0.3) is 0 Å². The van der Waals surface area contributed by atoms with E-state index in [1.54, 1.807) is 5.48 Å². The van der Waals surface area contributed by atoms with Crippen LogP contribution in [0.25, 0.3) is 0 Å². The van der Waals surface area contributed by atoms with Crippen LogP contribution in [0.2, 0.25) is 0 Å². The number of alkyl halides is 3. The van der Waals surface area contributed by atoms with Gasteiger partial charge in [-0.25, -0.2) is 5.48 Å². The molecule has 1 unspecified atom stereocenters.